The summed E-state index contributed by atoms with van der Waals surface area (Å²) < 4.78 is 4.57. The maximum atomic E-state index is 10.9. The Balaban J connectivity index is 2.06. The van der Waals surface area contributed by atoms with Gasteiger partial charge in [-0.05, 0) is 25.1 Å². The Hall–Kier alpha value is -1.55. The van der Waals surface area contributed by atoms with Crippen molar-refractivity contribution in [3.05, 3.63) is 30.3 Å². The number of para-hydroxylation sites is 1. The Morgan fingerprint density at radius 1 is 1.28 bits per heavy atom. The van der Waals surface area contributed by atoms with Crippen molar-refractivity contribution >= 4 is 11.7 Å². The summed E-state index contributed by atoms with van der Waals surface area (Å²) in [5.41, 5.74) is 1.23. The topological polar surface area (TPSA) is 41.6 Å². The number of anilines is 1. The smallest absolute Gasteiger partial charge is 0.306 e. The van der Waals surface area contributed by atoms with Crippen LogP contribution in [0, 0.1) is 0 Å². The number of hydrogen-bond donors (Lipinski definition) is 1. The van der Waals surface area contributed by atoms with Gasteiger partial charge in [0.05, 0.1) is 13.5 Å². The number of benzene rings is 1. The van der Waals surface area contributed by atoms with Gasteiger partial charge in [0, 0.05) is 25.8 Å². The van der Waals surface area contributed by atoms with E-state index in [1.54, 1.807) is 0 Å². The Morgan fingerprint density at radius 2 is 2.00 bits per heavy atom. The number of esters is 1. The summed E-state index contributed by atoms with van der Waals surface area (Å²) in [5.74, 6) is -0.163. The zero-order valence-corrected chi connectivity index (χ0v) is 11.2. The molecule has 100 valence electrons. The number of carbonyl (C=O) groups is 1. The molecule has 0 radical (unpaired) electrons. The number of carbonyl (C=O) groups excluding carboxylic acids is 1. The van der Waals surface area contributed by atoms with Crippen LogP contribution in [0.4, 0.5) is 5.69 Å². The molecule has 0 saturated heterocycles. The van der Waals surface area contributed by atoms with Gasteiger partial charge >= 0.3 is 5.97 Å². The van der Waals surface area contributed by atoms with E-state index in [4.69, 9.17) is 0 Å². The van der Waals surface area contributed by atoms with Crippen molar-refractivity contribution < 1.29 is 9.53 Å². The lowest BCUT2D eigenvalue weighted by Crippen LogP contribution is -2.25. The molecule has 0 aromatic heterocycles. The van der Waals surface area contributed by atoms with E-state index in [2.05, 4.69) is 34.1 Å². The second kappa shape index (κ2) is 8.53. The summed E-state index contributed by atoms with van der Waals surface area (Å²) in [6, 6.07) is 10.3. The lowest BCUT2D eigenvalue weighted by molar-refractivity contribution is -0.140. The lowest BCUT2D eigenvalue weighted by atomic mass is 10.3. The average Bonchev–Trinajstić information content (AvgIpc) is 2.43. The van der Waals surface area contributed by atoms with E-state index in [1.807, 2.05) is 18.2 Å². The van der Waals surface area contributed by atoms with Crippen LogP contribution < -0.4 is 10.2 Å². The van der Waals surface area contributed by atoms with Crippen molar-refractivity contribution in [3.8, 4) is 0 Å². The molecule has 1 aromatic carbocycles. The van der Waals surface area contributed by atoms with Crippen molar-refractivity contribution in [2.45, 2.75) is 12.8 Å². The fourth-order valence-corrected chi connectivity index (χ4v) is 1.67. The molecule has 0 bridgehead atoms. The zero-order chi connectivity index (χ0) is 13.2. The van der Waals surface area contributed by atoms with Gasteiger partial charge in [-0.3, -0.25) is 4.79 Å². The quantitative estimate of drug-likeness (QED) is 0.563. The first-order valence-electron chi connectivity index (χ1n) is 6.27. The molecule has 0 fully saturated rings. The van der Waals surface area contributed by atoms with E-state index in [0.29, 0.717) is 13.0 Å². The SMILES string of the molecule is COC(=O)CCNCCCN(C)c1ccccc1. The minimum Gasteiger partial charge on any atom is -0.469 e. The molecule has 0 aliphatic rings. The van der Waals surface area contributed by atoms with E-state index >= 15 is 0 Å². The first kappa shape index (κ1) is 14.5. The number of hydrogen-bond acceptors (Lipinski definition) is 4. The van der Waals surface area contributed by atoms with Gasteiger partial charge in [0.15, 0.2) is 0 Å². The minimum absolute atomic E-state index is 0.163. The molecule has 18 heavy (non-hydrogen) atoms. The third-order valence-corrected chi connectivity index (χ3v) is 2.78. The van der Waals surface area contributed by atoms with Crippen LogP contribution in [0.25, 0.3) is 0 Å². The predicted molar refractivity (Wildman–Crippen MR) is 73.8 cm³/mol. The van der Waals surface area contributed by atoms with Gasteiger partial charge in [0.1, 0.15) is 0 Å². The number of methoxy groups -OCH3 is 1. The van der Waals surface area contributed by atoms with Crippen LogP contribution in [0.1, 0.15) is 12.8 Å². The summed E-state index contributed by atoms with van der Waals surface area (Å²) in [6.45, 7) is 2.59. The molecule has 0 atom stereocenters. The van der Waals surface area contributed by atoms with Gasteiger partial charge in [0.2, 0.25) is 0 Å². The molecule has 0 unspecified atom stereocenters. The normalized spacial score (nSPS) is 10.1. The van der Waals surface area contributed by atoms with Gasteiger partial charge in [0.25, 0.3) is 0 Å². The van der Waals surface area contributed by atoms with Crippen LogP contribution in [-0.2, 0) is 9.53 Å². The van der Waals surface area contributed by atoms with Crippen LogP contribution in [0.3, 0.4) is 0 Å². The Labute approximate surface area is 109 Å². The van der Waals surface area contributed by atoms with Crippen molar-refractivity contribution in [3.63, 3.8) is 0 Å². The van der Waals surface area contributed by atoms with Crippen molar-refractivity contribution in [2.24, 2.45) is 0 Å². The molecule has 1 N–H and O–H groups in total. The number of rotatable bonds is 8. The van der Waals surface area contributed by atoms with E-state index in [0.717, 1.165) is 19.5 Å². The maximum Gasteiger partial charge on any atom is 0.306 e. The number of nitrogens with one attached hydrogen (secondary N) is 1. The van der Waals surface area contributed by atoms with Gasteiger partial charge in [-0.2, -0.15) is 0 Å². The van der Waals surface area contributed by atoms with E-state index in [-0.39, 0.29) is 5.97 Å². The highest BCUT2D eigenvalue weighted by Gasteiger charge is 2.00. The fourth-order valence-electron chi connectivity index (χ4n) is 1.67. The predicted octanol–water partition coefficient (Wildman–Crippen LogP) is 1.67. The van der Waals surface area contributed by atoms with Gasteiger partial charge < -0.3 is 15.0 Å². The van der Waals surface area contributed by atoms with Gasteiger partial charge in [-0.1, -0.05) is 18.2 Å². The second-order valence-electron chi connectivity index (χ2n) is 4.19. The third-order valence-electron chi connectivity index (χ3n) is 2.78. The van der Waals surface area contributed by atoms with Crippen molar-refractivity contribution in [2.75, 3.05) is 38.7 Å². The van der Waals surface area contributed by atoms with E-state index in [9.17, 15) is 4.79 Å². The zero-order valence-electron chi connectivity index (χ0n) is 11.2. The second-order valence-corrected chi connectivity index (χ2v) is 4.19. The standard InChI is InChI=1S/C14H22N2O2/c1-16(13-7-4-3-5-8-13)12-6-10-15-11-9-14(17)18-2/h3-5,7-8,15H,6,9-12H2,1-2H3. The molecule has 1 aromatic rings. The van der Waals surface area contributed by atoms with Crippen LogP contribution >= 0.6 is 0 Å². The third kappa shape index (κ3) is 5.68. The molecule has 0 heterocycles. The summed E-state index contributed by atoms with van der Waals surface area (Å²) in [6.07, 6.45) is 1.48. The molecule has 1 rings (SSSR count). The Morgan fingerprint density at radius 3 is 2.67 bits per heavy atom. The van der Waals surface area contributed by atoms with Crippen LogP contribution in [0.2, 0.25) is 0 Å². The summed E-state index contributed by atoms with van der Waals surface area (Å²) in [4.78, 5) is 13.1. The molecular weight excluding hydrogens is 228 g/mol. The van der Waals surface area contributed by atoms with Crippen molar-refractivity contribution in [1.82, 2.24) is 5.32 Å². The first-order chi connectivity index (χ1) is 8.74. The molecule has 0 aliphatic heterocycles. The lowest BCUT2D eigenvalue weighted by Gasteiger charge is -2.19. The largest absolute Gasteiger partial charge is 0.469 e. The molecule has 0 saturated carbocycles. The van der Waals surface area contributed by atoms with E-state index in [1.165, 1.54) is 12.8 Å². The Kier molecular flexibility index (Phi) is 6.87. The van der Waals surface area contributed by atoms with Gasteiger partial charge in [-0.15, -0.1) is 0 Å². The first-order valence-corrected chi connectivity index (χ1v) is 6.27. The minimum atomic E-state index is -0.163. The molecule has 0 spiro atoms. The van der Waals surface area contributed by atoms with Crippen LogP contribution in [-0.4, -0.2) is 39.8 Å². The van der Waals surface area contributed by atoms with Gasteiger partial charge in [-0.25, -0.2) is 0 Å². The number of ether oxygens (including phenoxy) is 1. The molecule has 4 nitrogen and oxygen atoms in total. The average molecular weight is 250 g/mol. The number of nitrogens with zero attached hydrogens (tertiary/aromatic N) is 1. The summed E-state index contributed by atoms with van der Waals surface area (Å²) in [5, 5.41) is 3.23. The maximum absolute atomic E-state index is 10.9. The highest BCUT2D eigenvalue weighted by atomic mass is 16.5. The molecule has 4 heteroatoms. The van der Waals surface area contributed by atoms with Crippen LogP contribution in [0.5, 0.6) is 0 Å². The highest BCUT2D eigenvalue weighted by molar-refractivity contribution is 5.69. The van der Waals surface area contributed by atoms with Crippen LogP contribution in [0.15, 0.2) is 30.3 Å². The van der Waals surface area contributed by atoms with E-state index < -0.39 is 0 Å². The monoisotopic (exact) mass is 250 g/mol. The molecular formula is C14H22N2O2. The molecule has 0 amide bonds. The fraction of sp³-hybridized carbons (Fsp3) is 0.500. The highest BCUT2D eigenvalue weighted by Crippen LogP contribution is 2.10. The summed E-state index contributed by atoms with van der Waals surface area (Å²) >= 11 is 0. The Bertz CT molecular complexity index is 341. The molecule has 0 aliphatic carbocycles. The van der Waals surface area contributed by atoms with Crippen molar-refractivity contribution in [1.29, 1.82) is 0 Å². The summed E-state index contributed by atoms with van der Waals surface area (Å²) in [7, 11) is 3.50.